The Morgan fingerprint density at radius 2 is 2.00 bits per heavy atom. The third-order valence-corrected chi connectivity index (χ3v) is 5.20. The van der Waals surface area contributed by atoms with Crippen LogP contribution in [-0.4, -0.2) is 16.9 Å². The van der Waals surface area contributed by atoms with Gasteiger partial charge in [0.2, 0.25) is 0 Å². The molecular formula is C18H18N2OS2. The summed E-state index contributed by atoms with van der Waals surface area (Å²) in [5.74, 6) is -0.0929. The van der Waals surface area contributed by atoms with Gasteiger partial charge < -0.3 is 5.32 Å². The van der Waals surface area contributed by atoms with Gasteiger partial charge >= 0.3 is 0 Å². The Kier molecular flexibility index (Phi) is 5.20. The number of aromatic nitrogens is 1. The highest BCUT2D eigenvalue weighted by Gasteiger charge is 2.14. The number of hydrogen-bond donors (Lipinski definition) is 1. The number of thiazole rings is 1. The van der Waals surface area contributed by atoms with Crippen LogP contribution in [0.15, 0.2) is 53.2 Å². The molecular weight excluding hydrogens is 324 g/mol. The standard InChI is InChI=1S/C18H18N2OS2/c1-13(10-15-8-5-9-22-15)19-18(21)16-12-23-17(20-16)11-14-6-3-2-4-7-14/h2-9,12-13H,10-11H2,1H3,(H,19,21). The minimum Gasteiger partial charge on any atom is -0.348 e. The van der Waals surface area contributed by atoms with Crippen molar-refractivity contribution in [2.75, 3.05) is 0 Å². The van der Waals surface area contributed by atoms with Crippen LogP contribution in [0.2, 0.25) is 0 Å². The van der Waals surface area contributed by atoms with Crippen molar-refractivity contribution in [1.29, 1.82) is 0 Å². The summed E-state index contributed by atoms with van der Waals surface area (Å²) in [5.41, 5.74) is 1.72. The lowest BCUT2D eigenvalue weighted by Crippen LogP contribution is -2.34. The number of thiophene rings is 1. The summed E-state index contributed by atoms with van der Waals surface area (Å²) >= 11 is 3.25. The van der Waals surface area contributed by atoms with Gasteiger partial charge in [-0.3, -0.25) is 4.79 Å². The topological polar surface area (TPSA) is 42.0 Å². The molecule has 3 rings (SSSR count). The zero-order chi connectivity index (χ0) is 16.1. The molecule has 118 valence electrons. The normalized spacial score (nSPS) is 12.0. The molecule has 0 aliphatic rings. The monoisotopic (exact) mass is 342 g/mol. The quantitative estimate of drug-likeness (QED) is 0.731. The van der Waals surface area contributed by atoms with E-state index in [0.29, 0.717) is 5.69 Å². The Hall–Kier alpha value is -1.98. The van der Waals surface area contributed by atoms with Crippen molar-refractivity contribution < 1.29 is 4.79 Å². The van der Waals surface area contributed by atoms with E-state index in [1.54, 1.807) is 11.3 Å². The van der Waals surface area contributed by atoms with E-state index < -0.39 is 0 Å². The van der Waals surface area contributed by atoms with E-state index in [9.17, 15) is 4.79 Å². The average Bonchev–Trinajstić information content (AvgIpc) is 3.20. The van der Waals surface area contributed by atoms with Gasteiger partial charge in [-0.2, -0.15) is 0 Å². The third kappa shape index (κ3) is 4.50. The molecule has 0 radical (unpaired) electrons. The highest BCUT2D eigenvalue weighted by molar-refractivity contribution is 7.10. The molecule has 0 bridgehead atoms. The van der Waals surface area contributed by atoms with Gasteiger partial charge in [0.05, 0.1) is 5.01 Å². The van der Waals surface area contributed by atoms with Gasteiger partial charge in [0.25, 0.3) is 5.91 Å². The van der Waals surface area contributed by atoms with Crippen molar-refractivity contribution in [3.63, 3.8) is 0 Å². The van der Waals surface area contributed by atoms with Gasteiger partial charge in [-0.05, 0) is 23.9 Å². The first-order valence-corrected chi connectivity index (χ1v) is 9.28. The molecule has 1 amide bonds. The molecule has 23 heavy (non-hydrogen) atoms. The van der Waals surface area contributed by atoms with E-state index >= 15 is 0 Å². The fraction of sp³-hybridized carbons (Fsp3) is 0.222. The highest BCUT2D eigenvalue weighted by Crippen LogP contribution is 2.15. The van der Waals surface area contributed by atoms with E-state index in [0.717, 1.165) is 17.8 Å². The minimum atomic E-state index is -0.0929. The molecule has 0 saturated heterocycles. The van der Waals surface area contributed by atoms with Gasteiger partial charge in [0.1, 0.15) is 5.69 Å². The van der Waals surface area contributed by atoms with Crippen LogP contribution in [0.4, 0.5) is 0 Å². The molecule has 3 nitrogen and oxygen atoms in total. The summed E-state index contributed by atoms with van der Waals surface area (Å²) in [6, 6.07) is 14.4. The van der Waals surface area contributed by atoms with Gasteiger partial charge in [-0.15, -0.1) is 22.7 Å². The van der Waals surface area contributed by atoms with Crippen LogP contribution in [0.25, 0.3) is 0 Å². The fourth-order valence-corrected chi connectivity index (χ4v) is 3.99. The SMILES string of the molecule is CC(Cc1cccs1)NC(=O)c1csc(Cc2ccccc2)n1. The molecule has 0 aliphatic carbocycles. The average molecular weight is 342 g/mol. The maximum absolute atomic E-state index is 12.3. The van der Waals surface area contributed by atoms with Crippen molar-refractivity contribution in [1.82, 2.24) is 10.3 Å². The highest BCUT2D eigenvalue weighted by atomic mass is 32.1. The molecule has 0 aliphatic heterocycles. The molecule has 0 saturated carbocycles. The smallest absolute Gasteiger partial charge is 0.270 e. The Morgan fingerprint density at radius 1 is 1.17 bits per heavy atom. The maximum Gasteiger partial charge on any atom is 0.270 e. The van der Waals surface area contributed by atoms with E-state index in [4.69, 9.17) is 0 Å². The lowest BCUT2D eigenvalue weighted by Gasteiger charge is -2.11. The molecule has 5 heteroatoms. The van der Waals surface area contributed by atoms with E-state index in [1.165, 1.54) is 21.8 Å². The number of hydrogen-bond acceptors (Lipinski definition) is 4. The van der Waals surface area contributed by atoms with Crippen LogP contribution in [0.5, 0.6) is 0 Å². The molecule has 3 aromatic rings. The summed E-state index contributed by atoms with van der Waals surface area (Å²) in [6.45, 7) is 2.02. The number of carbonyl (C=O) groups excluding carboxylic acids is 1. The summed E-state index contributed by atoms with van der Waals surface area (Å²) < 4.78 is 0. The number of nitrogens with one attached hydrogen (secondary N) is 1. The van der Waals surface area contributed by atoms with Crippen molar-refractivity contribution in [3.8, 4) is 0 Å². The summed E-state index contributed by atoms with van der Waals surface area (Å²) in [4.78, 5) is 18.0. The van der Waals surface area contributed by atoms with Gasteiger partial charge in [0, 0.05) is 29.1 Å². The second-order valence-electron chi connectivity index (χ2n) is 5.45. The van der Waals surface area contributed by atoms with E-state index in [2.05, 4.69) is 33.9 Å². The van der Waals surface area contributed by atoms with Gasteiger partial charge in [-0.25, -0.2) is 4.98 Å². The zero-order valence-corrected chi connectivity index (χ0v) is 14.5. The predicted octanol–water partition coefficient (Wildman–Crippen LogP) is 4.16. The first kappa shape index (κ1) is 15.9. The Morgan fingerprint density at radius 3 is 2.74 bits per heavy atom. The predicted molar refractivity (Wildman–Crippen MR) is 96.3 cm³/mol. The second-order valence-corrected chi connectivity index (χ2v) is 7.42. The number of amides is 1. The minimum absolute atomic E-state index is 0.0929. The summed E-state index contributed by atoms with van der Waals surface area (Å²) in [5, 5.41) is 7.88. The molecule has 0 spiro atoms. The van der Waals surface area contributed by atoms with Crippen molar-refractivity contribution in [3.05, 3.63) is 74.4 Å². The van der Waals surface area contributed by atoms with Crippen LogP contribution in [0.1, 0.15) is 32.9 Å². The molecule has 2 heterocycles. The number of rotatable bonds is 6. The first-order valence-electron chi connectivity index (χ1n) is 7.52. The fourth-order valence-electron chi connectivity index (χ4n) is 2.35. The summed E-state index contributed by atoms with van der Waals surface area (Å²) in [6.07, 6.45) is 1.62. The largest absolute Gasteiger partial charge is 0.348 e. The molecule has 2 aromatic heterocycles. The first-order chi connectivity index (χ1) is 11.2. The Labute approximate surface area is 144 Å². The van der Waals surface area contributed by atoms with E-state index in [1.807, 2.05) is 36.6 Å². The maximum atomic E-state index is 12.3. The molecule has 1 aromatic carbocycles. The van der Waals surface area contributed by atoms with E-state index in [-0.39, 0.29) is 11.9 Å². The number of nitrogens with zero attached hydrogens (tertiary/aromatic N) is 1. The Balaban J connectivity index is 1.57. The van der Waals surface area contributed by atoms with Gasteiger partial charge in [0.15, 0.2) is 0 Å². The van der Waals surface area contributed by atoms with Crippen molar-refractivity contribution in [2.45, 2.75) is 25.8 Å². The zero-order valence-electron chi connectivity index (χ0n) is 12.9. The van der Waals surface area contributed by atoms with Crippen molar-refractivity contribution in [2.24, 2.45) is 0 Å². The lowest BCUT2D eigenvalue weighted by atomic mass is 10.2. The molecule has 0 fully saturated rings. The van der Waals surface area contributed by atoms with Crippen LogP contribution >= 0.6 is 22.7 Å². The van der Waals surface area contributed by atoms with Crippen LogP contribution in [0, 0.1) is 0 Å². The van der Waals surface area contributed by atoms with Crippen LogP contribution in [-0.2, 0) is 12.8 Å². The third-order valence-electron chi connectivity index (χ3n) is 3.45. The lowest BCUT2D eigenvalue weighted by molar-refractivity contribution is 0.0935. The number of carbonyl (C=O) groups is 1. The number of benzene rings is 1. The summed E-state index contributed by atoms with van der Waals surface area (Å²) in [7, 11) is 0. The van der Waals surface area contributed by atoms with Crippen LogP contribution < -0.4 is 5.32 Å². The molecule has 1 N–H and O–H groups in total. The molecule has 1 atom stereocenters. The Bertz CT molecular complexity index is 750. The molecule has 1 unspecified atom stereocenters. The van der Waals surface area contributed by atoms with Crippen LogP contribution in [0.3, 0.4) is 0 Å². The van der Waals surface area contributed by atoms with Crippen molar-refractivity contribution >= 4 is 28.6 Å². The second kappa shape index (κ2) is 7.53. The van der Waals surface area contributed by atoms with Gasteiger partial charge in [-0.1, -0.05) is 36.4 Å².